The van der Waals surface area contributed by atoms with Gasteiger partial charge in [-0.15, -0.1) is 0 Å². The maximum absolute atomic E-state index is 8.35. The minimum atomic E-state index is 0.750. The Labute approximate surface area is 112 Å². The number of benzene rings is 2. The fraction of sp³-hybridized carbons (Fsp3) is 0.133. The van der Waals surface area contributed by atoms with Crippen molar-refractivity contribution in [2.45, 2.75) is 0 Å². The van der Waals surface area contributed by atoms with Crippen LogP contribution in [0.15, 0.2) is 48.5 Å². The van der Waals surface area contributed by atoms with Gasteiger partial charge in [0, 0.05) is 11.6 Å². The molecule has 0 aromatic heterocycles. The van der Waals surface area contributed by atoms with Gasteiger partial charge in [0.2, 0.25) is 6.08 Å². The summed E-state index contributed by atoms with van der Waals surface area (Å²) in [5.41, 5.74) is 2.21. The van der Waals surface area contributed by atoms with Crippen molar-refractivity contribution in [3.05, 3.63) is 48.5 Å². The van der Waals surface area contributed by atoms with Crippen molar-refractivity contribution in [1.82, 2.24) is 0 Å². The van der Waals surface area contributed by atoms with Crippen LogP contribution >= 0.6 is 0 Å². The highest BCUT2D eigenvalue weighted by atomic mass is 16.5. The zero-order valence-electron chi connectivity index (χ0n) is 10.8. The number of rotatable bonds is 3. The molecule has 98 valence electrons. The van der Waals surface area contributed by atoms with Gasteiger partial charge in [-0.25, -0.2) is 10.2 Å². The predicted octanol–water partition coefficient (Wildman–Crippen LogP) is 3.27. The number of isocyanates is 1. The van der Waals surface area contributed by atoms with Gasteiger partial charge in [-0.3, -0.25) is 0 Å². The lowest BCUT2D eigenvalue weighted by Gasteiger charge is -2.10. The summed E-state index contributed by atoms with van der Waals surface area (Å²) in [6.45, 7) is 0. The molecule has 0 aliphatic heterocycles. The minimum Gasteiger partial charge on any atom is -0.497 e. The molecule has 0 bridgehead atoms. The zero-order chi connectivity index (χ0) is 14.1. The van der Waals surface area contributed by atoms with Gasteiger partial charge in [0.15, 0.2) is 0 Å². The summed E-state index contributed by atoms with van der Waals surface area (Å²) in [6.07, 6.45) is 0.750. The van der Waals surface area contributed by atoms with Gasteiger partial charge in [-0.2, -0.15) is 0 Å². The van der Waals surface area contributed by atoms with Crippen molar-refractivity contribution in [2.24, 2.45) is 0 Å². The predicted molar refractivity (Wildman–Crippen MR) is 73.4 cm³/mol. The lowest BCUT2D eigenvalue weighted by Crippen LogP contribution is -1.90. The molecule has 0 saturated carbocycles. The van der Waals surface area contributed by atoms with Crippen LogP contribution in [-0.2, 0) is 4.79 Å². The zero-order valence-corrected chi connectivity index (χ0v) is 10.8. The second-order valence-corrected chi connectivity index (χ2v) is 3.53. The molecule has 0 fully saturated rings. The lowest BCUT2D eigenvalue weighted by atomic mass is 10.0. The van der Waals surface area contributed by atoms with E-state index < -0.39 is 0 Å². The van der Waals surface area contributed by atoms with E-state index in [0.29, 0.717) is 0 Å². The van der Waals surface area contributed by atoms with Crippen LogP contribution in [0.1, 0.15) is 0 Å². The lowest BCUT2D eigenvalue weighted by molar-refractivity contribution is 0.395. The highest BCUT2D eigenvalue weighted by Gasteiger charge is 2.06. The molecule has 0 spiro atoms. The van der Waals surface area contributed by atoms with E-state index in [1.54, 1.807) is 14.2 Å². The van der Waals surface area contributed by atoms with Gasteiger partial charge in [-0.1, -0.05) is 30.3 Å². The van der Waals surface area contributed by atoms with Crippen LogP contribution in [0.3, 0.4) is 0 Å². The van der Waals surface area contributed by atoms with Gasteiger partial charge < -0.3 is 9.47 Å². The molecular weight excluding hydrogens is 242 g/mol. The Kier molecular flexibility index (Phi) is 5.86. The Morgan fingerprint density at radius 3 is 2.16 bits per heavy atom. The van der Waals surface area contributed by atoms with Gasteiger partial charge in [0.25, 0.3) is 0 Å². The third-order valence-electron chi connectivity index (χ3n) is 2.49. The summed E-state index contributed by atoms with van der Waals surface area (Å²) in [5, 5.41) is 5.40. The third kappa shape index (κ3) is 3.98. The number of nitrogens with one attached hydrogen (secondary N) is 1. The molecule has 0 heterocycles. The monoisotopic (exact) mass is 257 g/mol. The molecule has 4 nitrogen and oxygen atoms in total. The molecule has 0 amide bonds. The van der Waals surface area contributed by atoms with Crippen LogP contribution in [0.25, 0.3) is 11.1 Å². The van der Waals surface area contributed by atoms with E-state index in [4.69, 9.17) is 19.7 Å². The second-order valence-electron chi connectivity index (χ2n) is 3.53. The average Bonchev–Trinajstić information content (AvgIpc) is 2.48. The smallest absolute Gasteiger partial charge is 0.231 e. The topological polar surface area (TPSA) is 59.4 Å². The van der Waals surface area contributed by atoms with E-state index in [2.05, 4.69) is 12.1 Å². The summed E-state index contributed by atoms with van der Waals surface area (Å²) in [4.78, 5) is 8.35. The Hall–Kier alpha value is -2.58. The maximum atomic E-state index is 8.35. The van der Waals surface area contributed by atoms with E-state index in [-0.39, 0.29) is 0 Å². The Bertz CT molecular complexity index is 547. The fourth-order valence-electron chi connectivity index (χ4n) is 1.65. The largest absolute Gasteiger partial charge is 0.497 e. The Morgan fingerprint density at radius 2 is 1.63 bits per heavy atom. The molecule has 0 atom stereocenters. The summed E-state index contributed by atoms with van der Waals surface area (Å²) >= 11 is 0. The van der Waals surface area contributed by atoms with Crippen LogP contribution in [-0.4, -0.2) is 20.3 Å². The summed E-state index contributed by atoms with van der Waals surface area (Å²) in [6, 6.07) is 16.0. The Morgan fingerprint density at radius 1 is 1.00 bits per heavy atom. The SMILES string of the molecule is COc1ccc(-c2ccccc2)c(OC)c1.N=C=O. The standard InChI is InChI=1S/C14H14O2.CHNO/c1-15-12-8-9-13(14(10-12)16-2)11-6-4-3-5-7-11;2-1-3/h3-10H,1-2H3;2H. The first-order valence-electron chi connectivity index (χ1n) is 5.58. The summed E-state index contributed by atoms with van der Waals surface area (Å²) in [7, 11) is 3.32. The normalized spacial score (nSPS) is 8.74. The molecular formula is C15H15NO3. The van der Waals surface area contributed by atoms with Crippen LogP contribution < -0.4 is 9.47 Å². The summed E-state index contributed by atoms with van der Waals surface area (Å²) in [5.74, 6) is 1.63. The highest BCUT2D eigenvalue weighted by Crippen LogP contribution is 2.32. The first kappa shape index (κ1) is 14.5. The number of carbonyl (C=O) groups excluding carboxylic acids is 1. The molecule has 2 aromatic rings. The van der Waals surface area contributed by atoms with Crippen molar-refractivity contribution >= 4 is 6.08 Å². The van der Waals surface area contributed by atoms with E-state index in [1.165, 1.54) is 0 Å². The van der Waals surface area contributed by atoms with Crippen molar-refractivity contribution in [1.29, 1.82) is 5.41 Å². The maximum Gasteiger partial charge on any atom is 0.231 e. The van der Waals surface area contributed by atoms with Gasteiger partial charge in [-0.05, 0) is 17.7 Å². The van der Waals surface area contributed by atoms with Crippen molar-refractivity contribution in [3.63, 3.8) is 0 Å². The molecule has 1 N–H and O–H groups in total. The minimum absolute atomic E-state index is 0.750. The highest BCUT2D eigenvalue weighted by molar-refractivity contribution is 5.71. The van der Waals surface area contributed by atoms with Crippen LogP contribution in [0.4, 0.5) is 0 Å². The number of methoxy groups -OCH3 is 2. The first-order valence-corrected chi connectivity index (χ1v) is 5.58. The van der Waals surface area contributed by atoms with Crippen LogP contribution in [0.2, 0.25) is 0 Å². The molecule has 0 radical (unpaired) electrons. The van der Waals surface area contributed by atoms with Crippen molar-refractivity contribution < 1.29 is 14.3 Å². The van der Waals surface area contributed by atoms with Crippen molar-refractivity contribution in [3.8, 4) is 22.6 Å². The second kappa shape index (κ2) is 7.69. The average molecular weight is 257 g/mol. The van der Waals surface area contributed by atoms with E-state index in [1.807, 2.05) is 36.4 Å². The van der Waals surface area contributed by atoms with Gasteiger partial charge in [0.05, 0.1) is 14.2 Å². The molecule has 2 aromatic carbocycles. The molecule has 0 saturated heterocycles. The fourth-order valence-corrected chi connectivity index (χ4v) is 1.65. The molecule has 0 aliphatic rings. The number of ether oxygens (including phenoxy) is 2. The molecule has 0 unspecified atom stereocenters. The van der Waals surface area contributed by atoms with Gasteiger partial charge >= 0.3 is 0 Å². The quantitative estimate of drug-likeness (QED) is 0.678. The number of hydrogen-bond acceptors (Lipinski definition) is 4. The van der Waals surface area contributed by atoms with Gasteiger partial charge in [0.1, 0.15) is 11.5 Å². The van der Waals surface area contributed by atoms with Crippen molar-refractivity contribution in [2.75, 3.05) is 14.2 Å². The third-order valence-corrected chi connectivity index (χ3v) is 2.49. The van der Waals surface area contributed by atoms with Crippen LogP contribution in [0, 0.1) is 5.41 Å². The molecule has 0 aliphatic carbocycles. The first-order chi connectivity index (χ1) is 9.26. The summed E-state index contributed by atoms with van der Waals surface area (Å²) < 4.78 is 10.5. The molecule has 2 rings (SSSR count). The Balaban J connectivity index is 0.000000550. The molecule has 4 heteroatoms. The molecule has 19 heavy (non-hydrogen) atoms. The van der Waals surface area contributed by atoms with E-state index in [0.717, 1.165) is 28.7 Å². The van der Waals surface area contributed by atoms with E-state index in [9.17, 15) is 0 Å². The number of hydrogen-bond donors (Lipinski definition) is 1. The van der Waals surface area contributed by atoms with E-state index >= 15 is 0 Å². The van der Waals surface area contributed by atoms with Crippen LogP contribution in [0.5, 0.6) is 11.5 Å².